The van der Waals surface area contributed by atoms with Crippen molar-refractivity contribution in [1.29, 1.82) is 0 Å². The van der Waals surface area contributed by atoms with Gasteiger partial charge in [-0.1, -0.05) is 0 Å². The van der Waals surface area contributed by atoms with Crippen molar-refractivity contribution in [2.75, 3.05) is 52.5 Å². The summed E-state index contributed by atoms with van der Waals surface area (Å²) < 4.78 is 39.4. The molecule has 18 heavy (non-hydrogen) atoms. The van der Waals surface area contributed by atoms with Crippen molar-refractivity contribution in [3.8, 4) is 0 Å². The zero-order valence-corrected chi connectivity index (χ0v) is 10.1. The van der Waals surface area contributed by atoms with Crippen LogP contribution in [0.15, 0.2) is 0 Å². The van der Waals surface area contributed by atoms with Gasteiger partial charge in [0.05, 0.1) is 0 Å². The van der Waals surface area contributed by atoms with Gasteiger partial charge in [-0.15, -0.1) is 0 Å². The second-order valence-electron chi connectivity index (χ2n) is 4.05. The summed E-state index contributed by atoms with van der Waals surface area (Å²) in [6.07, 6.45) is -4.39. The highest BCUT2D eigenvalue weighted by Gasteiger charge is 2.27. The fourth-order valence-corrected chi connectivity index (χ4v) is 1.60. The van der Waals surface area contributed by atoms with Crippen LogP contribution in [-0.2, 0) is 9.53 Å². The number of piperazine rings is 1. The van der Waals surface area contributed by atoms with Gasteiger partial charge in [0, 0.05) is 39.3 Å². The Kier molecular flexibility index (Phi) is 6.37. The molecule has 0 atom stereocenters. The first-order valence-corrected chi connectivity index (χ1v) is 5.81. The Morgan fingerprint density at radius 1 is 1.33 bits per heavy atom. The van der Waals surface area contributed by atoms with Crippen molar-refractivity contribution >= 4 is 5.91 Å². The summed E-state index contributed by atoms with van der Waals surface area (Å²) in [5, 5.41) is 5.72. The maximum absolute atomic E-state index is 11.7. The van der Waals surface area contributed by atoms with Crippen LogP contribution in [0.2, 0.25) is 0 Å². The number of carbonyl (C=O) groups excluding carboxylic acids is 1. The second kappa shape index (κ2) is 7.55. The number of halogens is 3. The van der Waals surface area contributed by atoms with Crippen LogP contribution in [0.25, 0.3) is 0 Å². The Morgan fingerprint density at radius 2 is 2.00 bits per heavy atom. The lowest BCUT2D eigenvalue weighted by Crippen LogP contribution is -2.46. The normalized spacial score (nSPS) is 17.7. The predicted molar refractivity (Wildman–Crippen MR) is 59.2 cm³/mol. The van der Waals surface area contributed by atoms with Gasteiger partial charge < -0.3 is 15.4 Å². The van der Waals surface area contributed by atoms with Crippen LogP contribution in [0.1, 0.15) is 0 Å². The number of amides is 1. The number of hydrogen-bond donors (Lipinski definition) is 2. The molecule has 1 rings (SSSR count). The molecule has 0 unspecified atom stereocenters. The van der Waals surface area contributed by atoms with E-state index in [9.17, 15) is 18.0 Å². The Morgan fingerprint density at radius 3 is 2.61 bits per heavy atom. The zero-order valence-electron chi connectivity index (χ0n) is 10.1. The summed E-state index contributed by atoms with van der Waals surface area (Å²) in [4.78, 5) is 13.3. The molecule has 1 fully saturated rings. The van der Waals surface area contributed by atoms with E-state index in [1.165, 1.54) is 0 Å². The molecule has 0 spiro atoms. The van der Waals surface area contributed by atoms with E-state index in [2.05, 4.69) is 20.3 Å². The maximum atomic E-state index is 11.7. The minimum atomic E-state index is -4.39. The lowest BCUT2D eigenvalue weighted by Gasteiger charge is -2.27. The maximum Gasteiger partial charge on any atom is 0.411 e. The largest absolute Gasteiger partial charge is 0.411 e. The van der Waals surface area contributed by atoms with Crippen LogP contribution in [0, 0.1) is 0 Å². The summed E-state index contributed by atoms with van der Waals surface area (Å²) >= 11 is 0. The minimum Gasteiger partial charge on any atom is -0.362 e. The van der Waals surface area contributed by atoms with E-state index in [4.69, 9.17) is 0 Å². The molecule has 0 aromatic heterocycles. The lowest BCUT2D eigenvalue weighted by molar-refractivity contribution is -0.175. The molecule has 5 nitrogen and oxygen atoms in total. The van der Waals surface area contributed by atoms with Crippen molar-refractivity contribution < 1.29 is 22.7 Å². The van der Waals surface area contributed by atoms with E-state index in [1.807, 2.05) is 0 Å². The van der Waals surface area contributed by atoms with Gasteiger partial charge in [0.25, 0.3) is 0 Å². The van der Waals surface area contributed by atoms with E-state index in [1.54, 1.807) is 0 Å². The summed E-state index contributed by atoms with van der Waals surface area (Å²) in [5.41, 5.74) is 0. The SMILES string of the molecule is O=C(COCC(F)(F)F)NCCN1CCNCC1. The molecule has 1 amide bonds. The smallest absolute Gasteiger partial charge is 0.362 e. The quantitative estimate of drug-likeness (QED) is 0.688. The highest BCUT2D eigenvalue weighted by Crippen LogP contribution is 2.13. The Labute approximate surface area is 104 Å². The Hall–Kier alpha value is -0.860. The molecule has 0 aromatic carbocycles. The van der Waals surface area contributed by atoms with E-state index >= 15 is 0 Å². The van der Waals surface area contributed by atoms with Gasteiger partial charge in [0.1, 0.15) is 13.2 Å². The molecule has 0 bridgehead atoms. The van der Waals surface area contributed by atoms with Crippen molar-refractivity contribution in [3.05, 3.63) is 0 Å². The molecule has 0 aromatic rings. The fourth-order valence-electron chi connectivity index (χ4n) is 1.60. The molecule has 2 N–H and O–H groups in total. The average molecular weight is 269 g/mol. The number of carbonyl (C=O) groups is 1. The van der Waals surface area contributed by atoms with E-state index in [0.717, 1.165) is 26.2 Å². The topological polar surface area (TPSA) is 53.6 Å². The Bertz CT molecular complexity index is 255. The molecule has 0 aliphatic carbocycles. The number of rotatable bonds is 6. The number of nitrogens with zero attached hydrogens (tertiary/aromatic N) is 1. The summed E-state index contributed by atoms with van der Waals surface area (Å²) in [6.45, 7) is 2.85. The highest BCUT2D eigenvalue weighted by atomic mass is 19.4. The van der Waals surface area contributed by atoms with Crippen LogP contribution >= 0.6 is 0 Å². The van der Waals surface area contributed by atoms with Crippen LogP contribution < -0.4 is 10.6 Å². The van der Waals surface area contributed by atoms with Crippen molar-refractivity contribution in [1.82, 2.24) is 15.5 Å². The molecular weight excluding hydrogens is 251 g/mol. The molecule has 106 valence electrons. The average Bonchev–Trinajstić information content (AvgIpc) is 2.28. The van der Waals surface area contributed by atoms with Crippen LogP contribution in [0.4, 0.5) is 13.2 Å². The molecule has 1 aliphatic heterocycles. The molecule has 0 saturated carbocycles. The van der Waals surface area contributed by atoms with E-state index in [-0.39, 0.29) is 0 Å². The molecule has 0 radical (unpaired) electrons. The number of ether oxygens (including phenoxy) is 1. The van der Waals surface area contributed by atoms with Gasteiger partial charge in [0.15, 0.2) is 0 Å². The summed E-state index contributed by atoms with van der Waals surface area (Å²) in [5.74, 6) is -0.519. The van der Waals surface area contributed by atoms with Gasteiger partial charge in [-0.3, -0.25) is 9.69 Å². The number of nitrogens with one attached hydrogen (secondary N) is 2. The monoisotopic (exact) mass is 269 g/mol. The van der Waals surface area contributed by atoms with Crippen LogP contribution in [-0.4, -0.2) is 69.5 Å². The van der Waals surface area contributed by atoms with Gasteiger partial charge in [-0.2, -0.15) is 13.2 Å². The minimum absolute atomic E-state index is 0.425. The third-order valence-electron chi connectivity index (χ3n) is 2.46. The van der Waals surface area contributed by atoms with Crippen LogP contribution in [0.3, 0.4) is 0 Å². The van der Waals surface area contributed by atoms with Crippen molar-refractivity contribution in [2.45, 2.75) is 6.18 Å². The zero-order chi connectivity index (χ0) is 13.4. The molecule has 1 aliphatic rings. The third-order valence-corrected chi connectivity index (χ3v) is 2.46. The van der Waals surface area contributed by atoms with E-state index < -0.39 is 25.3 Å². The van der Waals surface area contributed by atoms with Gasteiger partial charge >= 0.3 is 6.18 Å². The van der Waals surface area contributed by atoms with Crippen molar-refractivity contribution in [3.63, 3.8) is 0 Å². The Balaban J connectivity index is 1.99. The highest BCUT2D eigenvalue weighted by molar-refractivity contribution is 5.77. The second-order valence-corrected chi connectivity index (χ2v) is 4.05. The molecular formula is C10H18F3N3O2. The first-order valence-electron chi connectivity index (χ1n) is 5.81. The number of hydrogen-bond acceptors (Lipinski definition) is 4. The van der Waals surface area contributed by atoms with Gasteiger partial charge in [-0.25, -0.2) is 0 Å². The molecule has 1 heterocycles. The van der Waals surface area contributed by atoms with Crippen LogP contribution in [0.5, 0.6) is 0 Å². The molecule has 8 heteroatoms. The lowest BCUT2D eigenvalue weighted by atomic mass is 10.3. The van der Waals surface area contributed by atoms with E-state index in [0.29, 0.717) is 13.1 Å². The standard InChI is InChI=1S/C10H18F3N3O2/c11-10(12,13)8-18-7-9(17)15-3-6-16-4-1-14-2-5-16/h14H,1-8H2,(H,15,17). The van der Waals surface area contributed by atoms with Gasteiger partial charge in [-0.05, 0) is 0 Å². The fraction of sp³-hybridized carbons (Fsp3) is 0.900. The predicted octanol–water partition coefficient (Wildman–Crippen LogP) is -0.413. The first kappa shape index (κ1) is 15.2. The summed E-state index contributed by atoms with van der Waals surface area (Å²) in [7, 11) is 0. The van der Waals surface area contributed by atoms with Crippen molar-refractivity contribution in [2.24, 2.45) is 0 Å². The molecule has 1 saturated heterocycles. The first-order chi connectivity index (χ1) is 8.47. The summed E-state index contributed by atoms with van der Waals surface area (Å²) in [6, 6.07) is 0. The van der Waals surface area contributed by atoms with Gasteiger partial charge in [0.2, 0.25) is 5.91 Å². The third kappa shape index (κ3) is 7.46. The number of alkyl halides is 3.